The van der Waals surface area contributed by atoms with Crippen LogP contribution in [0, 0.1) is 6.92 Å². The van der Waals surface area contributed by atoms with Gasteiger partial charge in [0, 0.05) is 9.85 Å². The molecule has 7 heteroatoms. The molecule has 0 aliphatic rings. The van der Waals surface area contributed by atoms with Crippen molar-refractivity contribution in [3.05, 3.63) is 44.9 Å². The summed E-state index contributed by atoms with van der Waals surface area (Å²) in [5.41, 5.74) is 5.71. The number of benzene rings is 1. The minimum atomic E-state index is -0.270. The first-order valence-electron chi connectivity index (χ1n) is 6.73. The SMILES string of the molecule is CCOC(=O)Cc1csc(NN=Cc2ccc(Br)cc2C)n1. The average Bonchev–Trinajstić information content (AvgIpc) is 2.89. The standard InChI is InChI=1S/C15H16BrN3O2S/c1-3-21-14(20)7-13-9-22-15(18-13)19-17-8-11-4-5-12(16)6-10(11)2/h4-6,8-9H,3,7H2,1-2H3,(H,18,19). The number of nitrogens with one attached hydrogen (secondary N) is 1. The van der Waals surface area contributed by atoms with Crippen LogP contribution in [0.1, 0.15) is 23.7 Å². The van der Waals surface area contributed by atoms with E-state index in [-0.39, 0.29) is 12.4 Å². The van der Waals surface area contributed by atoms with Gasteiger partial charge in [0.05, 0.1) is 24.9 Å². The Balaban J connectivity index is 1.93. The number of esters is 1. The average molecular weight is 382 g/mol. The van der Waals surface area contributed by atoms with Gasteiger partial charge in [-0.25, -0.2) is 4.98 Å². The Labute approximate surface area is 141 Å². The van der Waals surface area contributed by atoms with Crippen LogP contribution in [-0.2, 0) is 16.0 Å². The highest BCUT2D eigenvalue weighted by Gasteiger charge is 2.07. The lowest BCUT2D eigenvalue weighted by Gasteiger charge is -2.00. The van der Waals surface area contributed by atoms with Gasteiger partial charge in [-0.2, -0.15) is 5.10 Å². The largest absolute Gasteiger partial charge is 0.466 e. The maximum Gasteiger partial charge on any atom is 0.311 e. The van der Waals surface area contributed by atoms with Crippen molar-refractivity contribution in [3.8, 4) is 0 Å². The quantitative estimate of drug-likeness (QED) is 0.469. The second kappa shape index (κ2) is 8.05. The lowest BCUT2D eigenvalue weighted by Crippen LogP contribution is -2.07. The second-order valence-corrected chi connectivity index (χ2v) is 6.27. The van der Waals surface area contributed by atoms with Crippen LogP contribution in [0.4, 0.5) is 5.13 Å². The molecule has 22 heavy (non-hydrogen) atoms. The van der Waals surface area contributed by atoms with Gasteiger partial charge in [-0.3, -0.25) is 10.2 Å². The van der Waals surface area contributed by atoms with Crippen molar-refractivity contribution < 1.29 is 9.53 Å². The summed E-state index contributed by atoms with van der Waals surface area (Å²) < 4.78 is 5.93. The Morgan fingerprint density at radius 3 is 3.09 bits per heavy atom. The third-order valence-electron chi connectivity index (χ3n) is 2.78. The van der Waals surface area contributed by atoms with Crippen molar-refractivity contribution in [1.82, 2.24) is 4.98 Å². The molecule has 0 unspecified atom stereocenters. The van der Waals surface area contributed by atoms with Crippen molar-refractivity contribution >= 4 is 44.6 Å². The van der Waals surface area contributed by atoms with Crippen molar-refractivity contribution in [3.63, 3.8) is 0 Å². The third-order valence-corrected chi connectivity index (χ3v) is 4.07. The molecule has 0 saturated heterocycles. The number of aromatic nitrogens is 1. The van der Waals surface area contributed by atoms with Crippen LogP contribution in [-0.4, -0.2) is 23.8 Å². The number of aryl methyl sites for hydroxylation is 1. The van der Waals surface area contributed by atoms with Crippen LogP contribution in [0.25, 0.3) is 0 Å². The van der Waals surface area contributed by atoms with E-state index >= 15 is 0 Å². The molecule has 116 valence electrons. The van der Waals surface area contributed by atoms with Crippen molar-refractivity contribution in [2.24, 2.45) is 5.10 Å². The summed E-state index contributed by atoms with van der Waals surface area (Å²) in [6.45, 7) is 4.18. The fraction of sp³-hybridized carbons (Fsp3) is 0.267. The van der Waals surface area contributed by atoms with Crippen LogP contribution in [0.2, 0.25) is 0 Å². The summed E-state index contributed by atoms with van der Waals surface area (Å²) in [7, 11) is 0. The number of nitrogens with zero attached hydrogens (tertiary/aromatic N) is 2. The molecule has 0 saturated carbocycles. The lowest BCUT2D eigenvalue weighted by molar-refractivity contribution is -0.142. The molecule has 0 spiro atoms. The van der Waals surface area contributed by atoms with Gasteiger partial charge in [0.25, 0.3) is 0 Å². The van der Waals surface area contributed by atoms with E-state index in [1.54, 1.807) is 13.1 Å². The summed E-state index contributed by atoms with van der Waals surface area (Å²) in [6.07, 6.45) is 1.93. The molecule has 0 fully saturated rings. The Kier molecular flexibility index (Phi) is 6.09. The number of hydrogen-bond donors (Lipinski definition) is 1. The molecule has 1 aromatic carbocycles. The first kappa shape index (κ1) is 16.6. The van der Waals surface area contributed by atoms with Gasteiger partial charge in [-0.05, 0) is 37.1 Å². The van der Waals surface area contributed by atoms with Gasteiger partial charge in [0.15, 0.2) is 0 Å². The zero-order valence-corrected chi connectivity index (χ0v) is 14.7. The highest BCUT2D eigenvalue weighted by molar-refractivity contribution is 9.10. The minimum Gasteiger partial charge on any atom is -0.466 e. The molecule has 1 N–H and O–H groups in total. The number of carbonyl (C=O) groups excluding carboxylic acids is 1. The van der Waals surface area contributed by atoms with Gasteiger partial charge in [0.2, 0.25) is 5.13 Å². The van der Waals surface area contributed by atoms with E-state index in [9.17, 15) is 4.79 Å². The summed E-state index contributed by atoms with van der Waals surface area (Å²) in [6, 6.07) is 5.98. The van der Waals surface area contributed by atoms with Gasteiger partial charge in [0.1, 0.15) is 0 Å². The number of thiazole rings is 1. The smallest absolute Gasteiger partial charge is 0.311 e. The Morgan fingerprint density at radius 1 is 1.55 bits per heavy atom. The molecule has 2 aromatic rings. The molecule has 0 aliphatic heterocycles. The van der Waals surface area contributed by atoms with E-state index in [1.165, 1.54) is 11.3 Å². The lowest BCUT2D eigenvalue weighted by atomic mass is 10.1. The first-order valence-corrected chi connectivity index (χ1v) is 8.41. The van der Waals surface area contributed by atoms with Gasteiger partial charge in [-0.15, -0.1) is 11.3 Å². The van der Waals surface area contributed by atoms with E-state index in [1.807, 2.05) is 30.5 Å². The van der Waals surface area contributed by atoms with Gasteiger partial charge in [-0.1, -0.05) is 22.0 Å². The topological polar surface area (TPSA) is 63.6 Å². The van der Waals surface area contributed by atoms with E-state index in [0.717, 1.165) is 15.6 Å². The van der Waals surface area contributed by atoms with E-state index < -0.39 is 0 Å². The molecule has 0 amide bonds. The monoisotopic (exact) mass is 381 g/mol. The van der Waals surface area contributed by atoms with Crippen LogP contribution in [0.3, 0.4) is 0 Å². The number of carbonyl (C=O) groups is 1. The maximum absolute atomic E-state index is 11.4. The second-order valence-electron chi connectivity index (χ2n) is 4.50. The summed E-state index contributed by atoms with van der Waals surface area (Å²) in [4.78, 5) is 15.7. The molecule has 1 aromatic heterocycles. The predicted molar refractivity (Wildman–Crippen MR) is 92.5 cm³/mol. The zero-order chi connectivity index (χ0) is 15.9. The Morgan fingerprint density at radius 2 is 2.36 bits per heavy atom. The molecular formula is C15H16BrN3O2S. The van der Waals surface area contributed by atoms with Crippen LogP contribution in [0.5, 0.6) is 0 Å². The summed E-state index contributed by atoms with van der Waals surface area (Å²) in [5.74, 6) is -0.270. The molecule has 0 bridgehead atoms. The molecule has 0 atom stereocenters. The molecule has 2 rings (SSSR count). The number of halogens is 1. The van der Waals surface area contributed by atoms with Crippen molar-refractivity contribution in [2.45, 2.75) is 20.3 Å². The van der Waals surface area contributed by atoms with E-state index in [2.05, 4.69) is 31.4 Å². The number of anilines is 1. The minimum absolute atomic E-state index is 0.182. The van der Waals surface area contributed by atoms with Gasteiger partial charge < -0.3 is 4.74 Å². The fourth-order valence-electron chi connectivity index (χ4n) is 1.74. The maximum atomic E-state index is 11.4. The number of hydrogen-bond acceptors (Lipinski definition) is 6. The number of ether oxygens (including phenoxy) is 1. The Bertz CT molecular complexity index is 685. The third kappa shape index (κ3) is 4.92. The summed E-state index contributed by atoms with van der Waals surface area (Å²) >= 11 is 4.83. The highest BCUT2D eigenvalue weighted by atomic mass is 79.9. The first-order chi connectivity index (χ1) is 10.6. The van der Waals surface area contributed by atoms with Crippen molar-refractivity contribution in [1.29, 1.82) is 0 Å². The van der Waals surface area contributed by atoms with E-state index in [4.69, 9.17) is 4.74 Å². The molecular weight excluding hydrogens is 366 g/mol. The van der Waals surface area contributed by atoms with Crippen LogP contribution < -0.4 is 5.43 Å². The van der Waals surface area contributed by atoms with Gasteiger partial charge >= 0.3 is 5.97 Å². The molecule has 0 aliphatic carbocycles. The predicted octanol–water partition coefficient (Wildman–Crippen LogP) is 3.77. The molecule has 1 heterocycles. The zero-order valence-electron chi connectivity index (χ0n) is 12.3. The van der Waals surface area contributed by atoms with Crippen LogP contribution >= 0.6 is 27.3 Å². The summed E-state index contributed by atoms with van der Waals surface area (Å²) in [5, 5.41) is 6.64. The normalized spacial score (nSPS) is 10.9. The van der Waals surface area contributed by atoms with Crippen LogP contribution in [0.15, 0.2) is 33.2 Å². The van der Waals surface area contributed by atoms with Crippen molar-refractivity contribution in [2.75, 3.05) is 12.0 Å². The number of rotatable bonds is 6. The fourth-order valence-corrected chi connectivity index (χ4v) is 2.88. The highest BCUT2D eigenvalue weighted by Crippen LogP contribution is 2.17. The molecule has 5 nitrogen and oxygen atoms in total. The van der Waals surface area contributed by atoms with E-state index in [0.29, 0.717) is 17.4 Å². The Hall–Kier alpha value is -1.73. The number of hydrazone groups is 1. The molecule has 0 radical (unpaired) electrons.